The molecule has 172 valence electrons. The van der Waals surface area contributed by atoms with Gasteiger partial charge in [0.2, 0.25) is 11.8 Å². The van der Waals surface area contributed by atoms with Gasteiger partial charge in [-0.3, -0.25) is 19.8 Å². The molecule has 1 aliphatic carbocycles. The van der Waals surface area contributed by atoms with Crippen LogP contribution >= 0.6 is 11.6 Å². The molecule has 1 aliphatic heterocycles. The van der Waals surface area contributed by atoms with Gasteiger partial charge in [0, 0.05) is 24.5 Å². The van der Waals surface area contributed by atoms with Crippen molar-refractivity contribution in [3.05, 3.63) is 41.4 Å². The van der Waals surface area contributed by atoms with Crippen LogP contribution in [-0.2, 0) is 16.1 Å². The lowest BCUT2D eigenvalue weighted by Gasteiger charge is -2.31. The number of carbonyl (C=O) groups is 2. The summed E-state index contributed by atoms with van der Waals surface area (Å²) in [6.45, 7) is 4.24. The van der Waals surface area contributed by atoms with E-state index in [1.165, 1.54) is 6.33 Å². The predicted octanol–water partition coefficient (Wildman–Crippen LogP) is 2.24. The topological polar surface area (TPSA) is 106 Å². The summed E-state index contributed by atoms with van der Waals surface area (Å²) in [5, 5.41) is 7.11. The third-order valence-corrected chi connectivity index (χ3v) is 6.93. The first kappa shape index (κ1) is 22.8. The van der Waals surface area contributed by atoms with E-state index >= 15 is 0 Å². The Labute approximate surface area is 191 Å². The number of hydrogen-bond donors (Lipinski definition) is 2. The average Bonchev–Trinajstić information content (AvgIpc) is 3.35. The van der Waals surface area contributed by atoms with Gasteiger partial charge in [-0.1, -0.05) is 25.4 Å². The molecule has 1 aromatic heterocycles. The van der Waals surface area contributed by atoms with Gasteiger partial charge in [0.25, 0.3) is 0 Å². The third-order valence-electron chi connectivity index (χ3n) is 6.70. The van der Waals surface area contributed by atoms with Crippen LogP contribution in [0.2, 0.25) is 5.02 Å². The van der Waals surface area contributed by atoms with Crippen molar-refractivity contribution < 1.29 is 14.0 Å². The fourth-order valence-corrected chi connectivity index (χ4v) is 4.65. The van der Waals surface area contributed by atoms with Gasteiger partial charge in [0.1, 0.15) is 18.8 Å². The van der Waals surface area contributed by atoms with E-state index in [4.69, 9.17) is 17.3 Å². The standard InChI is InChI=1S/C22H28ClFN6O2/c1-22(2,14-3-4-14)19(25)21(32)28-20(31)18-8-16(24)10-29(18)9-13-7-15(23)5-6-17(13)30-12-26-11-27-30/h5-7,11-12,14,16,18-19H,3-4,8-10,25H2,1-2H3,(H,28,31,32)/t16-,18?,19+/m1/s1. The number of nitrogens with one attached hydrogen (secondary N) is 1. The molecular formula is C22H28ClFN6O2. The molecule has 32 heavy (non-hydrogen) atoms. The predicted molar refractivity (Wildman–Crippen MR) is 118 cm³/mol. The Morgan fingerprint density at radius 3 is 2.78 bits per heavy atom. The molecule has 1 aromatic carbocycles. The molecule has 3 atom stereocenters. The molecule has 1 saturated heterocycles. The summed E-state index contributed by atoms with van der Waals surface area (Å²) in [6, 6.07) is 3.70. The number of hydrogen-bond acceptors (Lipinski definition) is 6. The first-order chi connectivity index (χ1) is 15.2. The van der Waals surface area contributed by atoms with Gasteiger partial charge in [-0.2, -0.15) is 5.10 Å². The molecule has 3 N–H and O–H groups in total. The second-order valence-electron chi connectivity index (χ2n) is 9.32. The number of amides is 2. The van der Waals surface area contributed by atoms with E-state index in [2.05, 4.69) is 15.4 Å². The first-order valence-corrected chi connectivity index (χ1v) is 11.2. The van der Waals surface area contributed by atoms with Crippen molar-refractivity contribution in [1.29, 1.82) is 0 Å². The molecule has 2 aromatic rings. The molecule has 8 nitrogen and oxygen atoms in total. The minimum atomic E-state index is -1.17. The molecule has 1 unspecified atom stereocenters. The Bertz CT molecular complexity index is 994. The van der Waals surface area contributed by atoms with Crippen LogP contribution in [-0.4, -0.2) is 56.3 Å². The van der Waals surface area contributed by atoms with E-state index in [1.807, 2.05) is 13.8 Å². The zero-order valence-electron chi connectivity index (χ0n) is 18.2. The maximum Gasteiger partial charge on any atom is 0.244 e. The van der Waals surface area contributed by atoms with Gasteiger partial charge in [-0.25, -0.2) is 14.1 Å². The number of benzene rings is 1. The lowest BCUT2D eigenvalue weighted by molar-refractivity contribution is -0.135. The Morgan fingerprint density at radius 1 is 1.38 bits per heavy atom. The van der Waals surface area contributed by atoms with Crippen molar-refractivity contribution in [2.75, 3.05) is 6.54 Å². The molecule has 0 radical (unpaired) electrons. The highest BCUT2D eigenvalue weighted by Gasteiger charge is 2.46. The third kappa shape index (κ3) is 4.69. The van der Waals surface area contributed by atoms with Gasteiger partial charge in [-0.15, -0.1) is 0 Å². The Morgan fingerprint density at radius 2 is 2.12 bits per heavy atom. The van der Waals surface area contributed by atoms with Gasteiger partial charge < -0.3 is 5.73 Å². The van der Waals surface area contributed by atoms with Crippen molar-refractivity contribution >= 4 is 23.4 Å². The largest absolute Gasteiger partial charge is 0.319 e. The normalized spacial score (nSPS) is 22.7. The minimum Gasteiger partial charge on any atom is -0.319 e. The molecule has 2 heterocycles. The number of likely N-dealkylation sites (tertiary alicyclic amines) is 1. The van der Waals surface area contributed by atoms with E-state index in [9.17, 15) is 14.0 Å². The number of halogens is 2. The monoisotopic (exact) mass is 462 g/mol. The second kappa shape index (κ2) is 8.88. The van der Waals surface area contributed by atoms with Gasteiger partial charge in [-0.05, 0) is 47.9 Å². The molecule has 1 saturated carbocycles. The van der Waals surface area contributed by atoms with Crippen molar-refractivity contribution in [2.45, 2.75) is 57.9 Å². The summed E-state index contributed by atoms with van der Waals surface area (Å²) in [7, 11) is 0. The van der Waals surface area contributed by atoms with Crippen LogP contribution < -0.4 is 11.1 Å². The maximum atomic E-state index is 14.4. The van der Waals surface area contributed by atoms with Crippen molar-refractivity contribution in [3.8, 4) is 5.69 Å². The molecule has 10 heteroatoms. The van der Waals surface area contributed by atoms with Crippen molar-refractivity contribution in [3.63, 3.8) is 0 Å². The van der Waals surface area contributed by atoms with Crippen molar-refractivity contribution in [2.24, 2.45) is 17.1 Å². The lowest BCUT2D eigenvalue weighted by atomic mass is 9.79. The van der Waals surface area contributed by atoms with Gasteiger partial charge >= 0.3 is 0 Å². The summed E-state index contributed by atoms with van der Waals surface area (Å²) in [4.78, 5) is 31.3. The molecule has 2 aliphatic rings. The summed E-state index contributed by atoms with van der Waals surface area (Å²) >= 11 is 6.19. The maximum absolute atomic E-state index is 14.4. The van der Waals surface area contributed by atoms with Crippen molar-refractivity contribution in [1.82, 2.24) is 25.0 Å². The molecule has 2 amide bonds. The summed E-state index contributed by atoms with van der Waals surface area (Å²) in [5.74, 6) is -0.656. The van der Waals surface area contributed by atoms with E-state index in [0.717, 1.165) is 24.1 Å². The van der Waals surface area contributed by atoms with E-state index < -0.39 is 35.5 Å². The fraction of sp³-hybridized carbons (Fsp3) is 0.545. The van der Waals surface area contributed by atoms with Crippen LogP contribution in [0.4, 0.5) is 4.39 Å². The number of carbonyl (C=O) groups excluding carboxylic acids is 2. The highest BCUT2D eigenvalue weighted by Crippen LogP contribution is 2.46. The average molecular weight is 463 g/mol. The van der Waals surface area contributed by atoms with Crippen LogP contribution in [0.5, 0.6) is 0 Å². The Hall–Kier alpha value is -2.36. The Kier molecular flexibility index (Phi) is 6.33. The highest BCUT2D eigenvalue weighted by molar-refractivity contribution is 6.30. The van der Waals surface area contributed by atoms with Crippen LogP contribution in [0.25, 0.3) is 5.69 Å². The van der Waals surface area contributed by atoms with Gasteiger partial charge in [0.05, 0.1) is 17.8 Å². The number of nitrogens with two attached hydrogens (primary N) is 1. The number of rotatable bonds is 7. The fourth-order valence-electron chi connectivity index (χ4n) is 4.45. The number of aromatic nitrogens is 3. The minimum absolute atomic E-state index is 0.0135. The van der Waals surface area contributed by atoms with Crippen LogP contribution in [0.15, 0.2) is 30.9 Å². The summed E-state index contributed by atoms with van der Waals surface area (Å²) in [5.41, 5.74) is 7.29. The van der Waals surface area contributed by atoms with Crippen LogP contribution in [0, 0.1) is 11.3 Å². The molecule has 0 bridgehead atoms. The molecular weight excluding hydrogens is 435 g/mol. The SMILES string of the molecule is CC(C)(C1CC1)[C@@H](N)C(=O)NC(=O)C1C[C@@H](F)CN1Cc1cc(Cl)ccc1-n1cncn1. The first-order valence-electron chi connectivity index (χ1n) is 10.8. The van der Waals surface area contributed by atoms with Gasteiger partial charge in [0.15, 0.2) is 0 Å². The lowest BCUT2D eigenvalue weighted by Crippen LogP contribution is -2.55. The molecule has 0 spiro atoms. The van der Waals surface area contributed by atoms with Crippen LogP contribution in [0.3, 0.4) is 0 Å². The molecule has 4 rings (SSSR count). The van der Waals surface area contributed by atoms with E-state index in [0.29, 0.717) is 10.9 Å². The van der Waals surface area contributed by atoms with E-state index in [1.54, 1.807) is 34.1 Å². The zero-order chi connectivity index (χ0) is 23.0. The smallest absolute Gasteiger partial charge is 0.244 e. The number of imide groups is 1. The van der Waals surface area contributed by atoms with Crippen LogP contribution in [0.1, 0.15) is 38.7 Å². The van der Waals surface area contributed by atoms with E-state index in [-0.39, 0.29) is 19.5 Å². The number of nitrogens with zero attached hydrogens (tertiary/aromatic N) is 4. The summed E-state index contributed by atoms with van der Waals surface area (Å²) in [6.07, 6.45) is 3.89. The summed E-state index contributed by atoms with van der Waals surface area (Å²) < 4.78 is 15.9. The quantitative estimate of drug-likeness (QED) is 0.653. The second-order valence-corrected chi connectivity index (χ2v) is 9.75. The Balaban J connectivity index is 1.49. The number of alkyl halides is 1. The highest BCUT2D eigenvalue weighted by atomic mass is 35.5. The molecule has 2 fully saturated rings. The zero-order valence-corrected chi connectivity index (χ0v) is 18.9.